The van der Waals surface area contributed by atoms with Crippen LogP contribution in [0.15, 0.2) is 6.33 Å². The third-order valence-corrected chi connectivity index (χ3v) is 2.16. The van der Waals surface area contributed by atoms with Gasteiger partial charge >= 0.3 is 0 Å². The average molecular weight is 226 g/mol. The summed E-state index contributed by atoms with van der Waals surface area (Å²) in [6.45, 7) is 4.35. The van der Waals surface area contributed by atoms with E-state index in [9.17, 15) is 4.79 Å². The Kier molecular flexibility index (Phi) is 5.66. The molecule has 6 heteroatoms. The number of carbonyl (C=O) groups excluding carboxylic acids is 1. The van der Waals surface area contributed by atoms with Gasteiger partial charge in [-0.15, -0.1) is 0 Å². The predicted molar refractivity (Wildman–Crippen MR) is 59.2 cm³/mol. The number of ketones is 1. The molecule has 0 atom stereocenters. The van der Waals surface area contributed by atoms with E-state index in [1.54, 1.807) is 11.8 Å². The van der Waals surface area contributed by atoms with Gasteiger partial charge in [-0.25, -0.2) is 9.67 Å². The molecule has 0 radical (unpaired) electrons. The van der Waals surface area contributed by atoms with E-state index in [0.717, 1.165) is 12.4 Å². The fraction of sp³-hybridized carbons (Fsp3) is 0.700. The molecule has 1 heterocycles. The van der Waals surface area contributed by atoms with Crippen molar-refractivity contribution in [2.24, 2.45) is 0 Å². The normalized spacial score (nSPS) is 10.6. The second kappa shape index (κ2) is 7.08. The largest absolute Gasteiger partial charge is 0.383 e. The highest BCUT2D eigenvalue weighted by Gasteiger charge is 2.08. The Labute approximate surface area is 95.0 Å². The van der Waals surface area contributed by atoms with Crippen molar-refractivity contribution in [2.75, 3.05) is 26.8 Å². The molecule has 0 unspecified atom stereocenters. The Morgan fingerprint density at radius 3 is 3.12 bits per heavy atom. The summed E-state index contributed by atoms with van der Waals surface area (Å²) in [4.78, 5) is 15.6. The van der Waals surface area contributed by atoms with Crippen molar-refractivity contribution in [1.82, 2.24) is 20.1 Å². The van der Waals surface area contributed by atoms with E-state index in [2.05, 4.69) is 15.4 Å². The van der Waals surface area contributed by atoms with Gasteiger partial charge in [-0.1, -0.05) is 0 Å². The molecule has 6 nitrogen and oxygen atoms in total. The minimum absolute atomic E-state index is 0.110. The number of methoxy groups -OCH3 is 1. The molecule has 1 N–H and O–H groups in total. The summed E-state index contributed by atoms with van der Waals surface area (Å²) in [6, 6.07) is 0. The zero-order chi connectivity index (χ0) is 11.8. The average Bonchev–Trinajstić information content (AvgIpc) is 2.71. The van der Waals surface area contributed by atoms with Crippen molar-refractivity contribution >= 4 is 5.78 Å². The van der Waals surface area contributed by atoms with Gasteiger partial charge in [0.25, 0.3) is 0 Å². The summed E-state index contributed by atoms with van der Waals surface area (Å²) in [5.41, 5.74) is 0. The molecule has 0 bridgehead atoms. The van der Waals surface area contributed by atoms with Gasteiger partial charge in [0.2, 0.25) is 0 Å². The molecule has 0 aliphatic carbocycles. The molecule has 0 aliphatic rings. The lowest BCUT2D eigenvalue weighted by Crippen LogP contribution is -2.28. The third-order valence-electron chi connectivity index (χ3n) is 2.16. The van der Waals surface area contributed by atoms with Crippen molar-refractivity contribution in [3.05, 3.63) is 12.2 Å². The lowest BCUT2D eigenvalue weighted by Gasteiger charge is -2.04. The van der Waals surface area contributed by atoms with Crippen molar-refractivity contribution < 1.29 is 9.53 Å². The summed E-state index contributed by atoms with van der Waals surface area (Å²) in [7, 11) is 1.63. The molecular formula is C10H18N4O2. The number of aryl methyl sites for hydroxylation is 1. The van der Waals surface area contributed by atoms with Crippen LogP contribution < -0.4 is 5.32 Å². The lowest BCUT2D eigenvalue weighted by atomic mass is 10.2. The highest BCUT2D eigenvalue weighted by atomic mass is 16.5. The molecule has 16 heavy (non-hydrogen) atoms. The summed E-state index contributed by atoms with van der Waals surface area (Å²) >= 11 is 0. The van der Waals surface area contributed by atoms with Crippen molar-refractivity contribution in [3.8, 4) is 0 Å². The summed E-state index contributed by atoms with van der Waals surface area (Å²) in [5, 5.41) is 7.01. The number of carbonyl (C=O) groups is 1. The summed E-state index contributed by atoms with van der Waals surface area (Å²) in [5.74, 6) is 0.833. The molecule has 0 aromatic carbocycles. The molecule has 90 valence electrons. The van der Waals surface area contributed by atoms with Crippen molar-refractivity contribution in [1.29, 1.82) is 0 Å². The molecule has 1 aromatic rings. The topological polar surface area (TPSA) is 69.0 Å². The number of rotatable bonds is 8. The molecule has 1 aromatic heterocycles. The second-order valence-corrected chi connectivity index (χ2v) is 3.38. The molecule has 1 rings (SSSR count). The minimum Gasteiger partial charge on any atom is -0.383 e. The smallest absolute Gasteiger partial charge is 0.154 e. The van der Waals surface area contributed by atoms with Crippen LogP contribution >= 0.6 is 0 Å². The first-order chi connectivity index (χ1) is 7.77. The van der Waals surface area contributed by atoms with Crippen LogP contribution in [0.3, 0.4) is 0 Å². The fourth-order valence-corrected chi connectivity index (χ4v) is 1.33. The number of Topliss-reactive ketones (excluding diaryl/α,β-unsaturated/α-hetero) is 1. The van der Waals surface area contributed by atoms with Gasteiger partial charge in [0.05, 0.1) is 19.6 Å². The molecule has 0 aliphatic heterocycles. The molecule has 0 fully saturated rings. The van der Waals surface area contributed by atoms with Crippen LogP contribution in [0, 0.1) is 0 Å². The first kappa shape index (κ1) is 12.8. The van der Waals surface area contributed by atoms with E-state index in [-0.39, 0.29) is 5.78 Å². The van der Waals surface area contributed by atoms with E-state index in [0.29, 0.717) is 26.1 Å². The standard InChI is InChI=1S/C10H18N4O2/c1-3-14-10(12-8-13-14)6-9(15)7-11-4-5-16-2/h8,11H,3-7H2,1-2H3. The minimum atomic E-state index is 0.110. The fourth-order valence-electron chi connectivity index (χ4n) is 1.33. The molecule has 0 saturated heterocycles. The number of hydrogen-bond acceptors (Lipinski definition) is 5. The van der Waals surface area contributed by atoms with E-state index in [4.69, 9.17) is 4.74 Å². The van der Waals surface area contributed by atoms with Gasteiger partial charge in [0.1, 0.15) is 12.2 Å². The number of hydrogen-bond donors (Lipinski definition) is 1. The van der Waals surface area contributed by atoms with Gasteiger partial charge in [-0.05, 0) is 6.92 Å². The van der Waals surface area contributed by atoms with Crippen LogP contribution in [-0.4, -0.2) is 47.4 Å². The van der Waals surface area contributed by atoms with Gasteiger partial charge in [0, 0.05) is 20.2 Å². The van der Waals surface area contributed by atoms with Crippen LogP contribution in [0.4, 0.5) is 0 Å². The second-order valence-electron chi connectivity index (χ2n) is 3.38. The number of aromatic nitrogens is 3. The number of nitrogens with one attached hydrogen (secondary N) is 1. The van der Waals surface area contributed by atoms with Crippen LogP contribution in [0.2, 0.25) is 0 Å². The highest BCUT2D eigenvalue weighted by molar-refractivity contribution is 5.82. The van der Waals surface area contributed by atoms with E-state index in [1.165, 1.54) is 6.33 Å². The maximum Gasteiger partial charge on any atom is 0.154 e. The number of ether oxygens (including phenoxy) is 1. The van der Waals surface area contributed by atoms with E-state index < -0.39 is 0 Å². The number of nitrogens with zero attached hydrogens (tertiary/aromatic N) is 3. The Morgan fingerprint density at radius 1 is 1.62 bits per heavy atom. The zero-order valence-corrected chi connectivity index (χ0v) is 9.77. The maximum atomic E-state index is 11.6. The summed E-state index contributed by atoms with van der Waals surface area (Å²) < 4.78 is 6.59. The van der Waals surface area contributed by atoms with Gasteiger partial charge in [-0.3, -0.25) is 4.79 Å². The third kappa shape index (κ3) is 4.08. The Morgan fingerprint density at radius 2 is 2.44 bits per heavy atom. The highest BCUT2D eigenvalue weighted by Crippen LogP contribution is 1.95. The summed E-state index contributed by atoms with van der Waals surface area (Å²) in [6.07, 6.45) is 1.80. The maximum absolute atomic E-state index is 11.6. The van der Waals surface area contributed by atoms with Crippen LogP contribution in [0.5, 0.6) is 0 Å². The first-order valence-corrected chi connectivity index (χ1v) is 5.36. The van der Waals surface area contributed by atoms with Crippen molar-refractivity contribution in [3.63, 3.8) is 0 Å². The van der Waals surface area contributed by atoms with Gasteiger partial charge in [0.15, 0.2) is 5.78 Å². The Balaban J connectivity index is 2.28. The predicted octanol–water partition coefficient (Wildman–Crippen LogP) is -0.354. The molecule has 0 saturated carbocycles. The molecule has 0 spiro atoms. The van der Waals surface area contributed by atoms with Crippen LogP contribution in [-0.2, 0) is 22.5 Å². The quantitative estimate of drug-likeness (QED) is 0.613. The van der Waals surface area contributed by atoms with Crippen molar-refractivity contribution in [2.45, 2.75) is 19.9 Å². The van der Waals surface area contributed by atoms with E-state index in [1.807, 2.05) is 6.92 Å². The Hall–Kier alpha value is -1.27. The monoisotopic (exact) mass is 226 g/mol. The molecular weight excluding hydrogens is 208 g/mol. The zero-order valence-electron chi connectivity index (χ0n) is 9.77. The van der Waals surface area contributed by atoms with Crippen LogP contribution in [0.1, 0.15) is 12.7 Å². The van der Waals surface area contributed by atoms with Gasteiger partial charge in [-0.2, -0.15) is 5.10 Å². The first-order valence-electron chi connectivity index (χ1n) is 5.36. The van der Waals surface area contributed by atoms with Crippen LogP contribution in [0.25, 0.3) is 0 Å². The van der Waals surface area contributed by atoms with E-state index >= 15 is 0 Å². The lowest BCUT2D eigenvalue weighted by molar-refractivity contribution is -0.117. The Bertz CT molecular complexity index is 324. The SMILES string of the molecule is CCn1ncnc1CC(=O)CNCCOC. The molecule has 0 amide bonds. The van der Waals surface area contributed by atoms with Gasteiger partial charge < -0.3 is 10.1 Å².